The molecule has 0 unspecified atom stereocenters. The number of hydrogen-bond donors (Lipinski definition) is 0. The predicted molar refractivity (Wildman–Crippen MR) is 245 cm³/mol. The van der Waals surface area contributed by atoms with Crippen LogP contribution < -0.4 is 4.90 Å². The summed E-state index contributed by atoms with van der Waals surface area (Å²) in [5, 5.41) is 8.47. The van der Waals surface area contributed by atoms with Gasteiger partial charge in [0.1, 0.15) is 11.3 Å². The van der Waals surface area contributed by atoms with Crippen LogP contribution in [0, 0.1) is 0 Å². The Morgan fingerprint density at radius 3 is 1.64 bits per heavy atom. The third-order valence-electron chi connectivity index (χ3n) is 11.4. The fourth-order valence-electron chi connectivity index (χ4n) is 8.51. The molecule has 0 aliphatic rings. The lowest BCUT2D eigenvalue weighted by molar-refractivity contribution is 0.631. The second-order valence-corrected chi connectivity index (χ2v) is 15.0. The number of fused-ring (bicyclic) bond motifs is 5. The first-order valence-corrected chi connectivity index (χ1v) is 19.8. The molecule has 0 fully saturated rings. The van der Waals surface area contributed by atoms with Crippen molar-refractivity contribution in [2.24, 2.45) is 0 Å². The Bertz CT molecular complexity index is 3250. The van der Waals surface area contributed by atoms with Gasteiger partial charge in [0.2, 0.25) is 0 Å². The van der Waals surface area contributed by atoms with E-state index >= 15 is 0 Å². The average molecular weight is 740 g/mol. The molecule has 1 aromatic heterocycles. The lowest BCUT2D eigenvalue weighted by Crippen LogP contribution is -2.10. The van der Waals surface area contributed by atoms with Crippen LogP contribution in [-0.4, -0.2) is 0 Å². The van der Waals surface area contributed by atoms with E-state index in [9.17, 15) is 0 Å². The Hall–Kier alpha value is -7.68. The average Bonchev–Trinajstić information content (AvgIpc) is 3.74. The van der Waals surface area contributed by atoms with Gasteiger partial charge in [-0.15, -0.1) is 0 Å². The van der Waals surface area contributed by atoms with Crippen molar-refractivity contribution in [2.75, 3.05) is 4.90 Å². The van der Waals surface area contributed by atoms with E-state index in [0.29, 0.717) is 0 Å². The van der Waals surface area contributed by atoms with Crippen molar-refractivity contribution in [3.05, 3.63) is 224 Å². The molecule has 0 bridgehead atoms. The molecule has 11 rings (SSSR count). The molecule has 2 nitrogen and oxygen atoms in total. The summed E-state index contributed by atoms with van der Waals surface area (Å²) in [7, 11) is 0. The van der Waals surface area contributed by atoms with Crippen molar-refractivity contribution in [2.45, 2.75) is 0 Å². The zero-order valence-corrected chi connectivity index (χ0v) is 31.7. The molecule has 0 amide bonds. The summed E-state index contributed by atoms with van der Waals surface area (Å²) >= 11 is 0. The summed E-state index contributed by atoms with van der Waals surface area (Å²) in [4.78, 5) is 2.38. The van der Waals surface area contributed by atoms with Crippen LogP contribution in [0.1, 0.15) is 0 Å². The van der Waals surface area contributed by atoms with Crippen molar-refractivity contribution in [3.8, 4) is 44.7 Å². The molecule has 0 aliphatic carbocycles. The molecule has 0 saturated carbocycles. The highest BCUT2D eigenvalue weighted by atomic mass is 16.3. The zero-order chi connectivity index (χ0) is 38.4. The summed E-state index contributed by atoms with van der Waals surface area (Å²) in [5.41, 5.74) is 12.4. The first kappa shape index (κ1) is 33.6. The molecular weight excluding hydrogens is 703 g/mol. The van der Waals surface area contributed by atoms with E-state index in [1.165, 1.54) is 60.1 Å². The van der Waals surface area contributed by atoms with Gasteiger partial charge >= 0.3 is 0 Å². The van der Waals surface area contributed by atoms with Gasteiger partial charge in [-0.2, -0.15) is 0 Å². The van der Waals surface area contributed by atoms with Crippen LogP contribution in [0.3, 0.4) is 0 Å². The highest BCUT2D eigenvalue weighted by molar-refractivity contribution is 6.08. The quantitative estimate of drug-likeness (QED) is 0.151. The van der Waals surface area contributed by atoms with Crippen LogP contribution in [0.15, 0.2) is 229 Å². The molecule has 0 N–H and O–H groups in total. The van der Waals surface area contributed by atoms with Crippen LogP contribution in [-0.2, 0) is 0 Å². The lowest BCUT2D eigenvalue weighted by atomic mass is 9.94. The molecule has 0 saturated heterocycles. The Morgan fingerprint density at radius 2 is 0.810 bits per heavy atom. The fraction of sp³-hybridized carbons (Fsp3) is 0. The number of hydrogen-bond acceptors (Lipinski definition) is 2. The van der Waals surface area contributed by atoms with Gasteiger partial charge in [0.15, 0.2) is 0 Å². The van der Waals surface area contributed by atoms with Crippen LogP contribution >= 0.6 is 0 Å². The van der Waals surface area contributed by atoms with E-state index in [4.69, 9.17) is 4.42 Å². The van der Waals surface area contributed by atoms with Crippen LogP contribution in [0.2, 0.25) is 0 Å². The van der Waals surface area contributed by atoms with Crippen LogP contribution in [0.25, 0.3) is 88.0 Å². The fourth-order valence-corrected chi connectivity index (χ4v) is 8.51. The van der Waals surface area contributed by atoms with E-state index in [2.05, 4.69) is 211 Å². The predicted octanol–water partition coefficient (Wildman–Crippen LogP) is 16.0. The molecule has 0 atom stereocenters. The normalized spacial score (nSPS) is 11.4. The molecule has 272 valence electrons. The van der Waals surface area contributed by atoms with Gasteiger partial charge in [0, 0.05) is 28.0 Å². The maximum absolute atomic E-state index is 6.21. The number of furan rings is 1. The minimum atomic E-state index is 0.879. The standard InChI is InChI=1S/C56H37NO/c1-2-11-38(12-3-1)51-18-7-8-19-53(51)40-25-28-48(29-26-40)57(50-31-32-54-45(36-50)24-21-39-13-4-6-17-52(39)54)49-30-27-43-33-42(22-23-44(43)35-49)41-15-10-16-46(34-41)56-37-47-14-5-9-20-55(47)58-56/h1-37H. The van der Waals surface area contributed by atoms with Crippen molar-refractivity contribution in [1.82, 2.24) is 0 Å². The first-order chi connectivity index (χ1) is 28.7. The lowest BCUT2D eigenvalue weighted by Gasteiger charge is -2.27. The summed E-state index contributed by atoms with van der Waals surface area (Å²) < 4.78 is 6.21. The minimum Gasteiger partial charge on any atom is -0.456 e. The minimum absolute atomic E-state index is 0.879. The number of para-hydroxylation sites is 1. The van der Waals surface area contributed by atoms with Crippen molar-refractivity contribution < 1.29 is 4.42 Å². The van der Waals surface area contributed by atoms with Gasteiger partial charge in [-0.25, -0.2) is 0 Å². The van der Waals surface area contributed by atoms with Gasteiger partial charge in [0.05, 0.1) is 0 Å². The van der Waals surface area contributed by atoms with E-state index < -0.39 is 0 Å². The topological polar surface area (TPSA) is 16.4 Å². The van der Waals surface area contributed by atoms with E-state index in [1.807, 2.05) is 18.2 Å². The van der Waals surface area contributed by atoms with E-state index in [0.717, 1.165) is 44.9 Å². The Balaban J connectivity index is 0.989. The third-order valence-corrected chi connectivity index (χ3v) is 11.4. The number of benzene rings is 10. The van der Waals surface area contributed by atoms with Crippen LogP contribution in [0.4, 0.5) is 17.1 Å². The molecule has 10 aromatic carbocycles. The summed E-state index contributed by atoms with van der Waals surface area (Å²) in [6, 6.07) is 80.8. The molecule has 0 radical (unpaired) electrons. The number of rotatable bonds is 7. The van der Waals surface area contributed by atoms with Crippen molar-refractivity contribution in [1.29, 1.82) is 0 Å². The number of nitrogens with zero attached hydrogens (tertiary/aromatic N) is 1. The van der Waals surface area contributed by atoms with Gasteiger partial charge < -0.3 is 9.32 Å². The van der Waals surface area contributed by atoms with E-state index in [1.54, 1.807) is 0 Å². The summed E-state index contributed by atoms with van der Waals surface area (Å²) in [6.07, 6.45) is 0. The Morgan fingerprint density at radius 1 is 0.276 bits per heavy atom. The second-order valence-electron chi connectivity index (χ2n) is 15.0. The Labute approximate surface area is 337 Å². The number of anilines is 3. The van der Waals surface area contributed by atoms with E-state index in [-0.39, 0.29) is 0 Å². The monoisotopic (exact) mass is 739 g/mol. The largest absolute Gasteiger partial charge is 0.456 e. The van der Waals surface area contributed by atoms with Crippen molar-refractivity contribution >= 4 is 60.3 Å². The van der Waals surface area contributed by atoms with Gasteiger partial charge in [-0.1, -0.05) is 164 Å². The molecular formula is C56H37NO. The van der Waals surface area contributed by atoms with Gasteiger partial charge in [0.25, 0.3) is 0 Å². The zero-order valence-electron chi connectivity index (χ0n) is 31.7. The highest BCUT2D eigenvalue weighted by Crippen LogP contribution is 2.41. The molecule has 1 heterocycles. The Kier molecular flexibility index (Phi) is 8.19. The van der Waals surface area contributed by atoms with Crippen molar-refractivity contribution in [3.63, 3.8) is 0 Å². The van der Waals surface area contributed by atoms with Gasteiger partial charge in [-0.05, 0) is 126 Å². The van der Waals surface area contributed by atoms with Crippen LogP contribution in [0.5, 0.6) is 0 Å². The van der Waals surface area contributed by atoms with Gasteiger partial charge in [-0.3, -0.25) is 0 Å². The third kappa shape index (κ3) is 6.09. The molecule has 2 heteroatoms. The smallest absolute Gasteiger partial charge is 0.135 e. The molecule has 0 spiro atoms. The summed E-state index contributed by atoms with van der Waals surface area (Å²) in [6.45, 7) is 0. The molecule has 11 aromatic rings. The molecule has 58 heavy (non-hydrogen) atoms. The molecule has 0 aliphatic heterocycles. The highest BCUT2D eigenvalue weighted by Gasteiger charge is 2.16. The SMILES string of the molecule is c1ccc(-c2ccccc2-c2ccc(N(c3ccc4cc(-c5cccc(-c6cc7ccccc7o6)c5)ccc4c3)c3ccc4c(ccc5ccccc54)c3)cc2)cc1. The maximum Gasteiger partial charge on any atom is 0.135 e. The first-order valence-electron chi connectivity index (χ1n) is 19.8. The maximum atomic E-state index is 6.21. The second kappa shape index (κ2) is 14.1. The summed E-state index contributed by atoms with van der Waals surface area (Å²) in [5.74, 6) is 0.879.